The second-order valence-corrected chi connectivity index (χ2v) is 5.78. The first-order chi connectivity index (χ1) is 9.53. The minimum Gasteiger partial charge on any atom is -0.437 e. The minimum absolute atomic E-state index is 0.0354. The first-order valence-electron chi connectivity index (χ1n) is 7.01. The highest BCUT2D eigenvalue weighted by atomic mass is 19.1. The van der Waals surface area contributed by atoms with Crippen molar-refractivity contribution in [1.82, 2.24) is 10.1 Å². The molecule has 0 saturated carbocycles. The van der Waals surface area contributed by atoms with Crippen LogP contribution in [-0.4, -0.2) is 35.9 Å². The molecular formula is C14H18BFN2O2. The highest BCUT2D eigenvalue weighted by molar-refractivity contribution is 6.45. The third kappa shape index (κ3) is 2.03. The number of nitrogens with one attached hydrogen (secondary N) is 1. The van der Waals surface area contributed by atoms with Crippen LogP contribution in [0.5, 0.6) is 0 Å². The maximum atomic E-state index is 13.0. The average molecular weight is 276 g/mol. The lowest BCUT2D eigenvalue weighted by Gasteiger charge is -2.53. The van der Waals surface area contributed by atoms with Crippen LogP contribution < -0.4 is 5.32 Å². The quantitative estimate of drug-likeness (QED) is 0.630. The Labute approximate surface area is 118 Å². The molecule has 1 aromatic rings. The van der Waals surface area contributed by atoms with E-state index < -0.39 is 7.05 Å². The van der Waals surface area contributed by atoms with Gasteiger partial charge in [0.25, 0.3) is 0 Å². The zero-order chi connectivity index (χ0) is 14.3. The standard InChI is InChI=1S/C14H18BFN2O2/c1-15(20)18-8-6-14(7-9-18)12(17-13(14)19)10-2-4-11(16)5-3-10/h2-5,12,20H,6-9H2,1H3,(H,17,19). The van der Waals surface area contributed by atoms with Crippen molar-refractivity contribution in [1.29, 1.82) is 0 Å². The van der Waals surface area contributed by atoms with Gasteiger partial charge in [0.1, 0.15) is 5.82 Å². The molecule has 1 atom stereocenters. The van der Waals surface area contributed by atoms with Gasteiger partial charge in [0, 0.05) is 0 Å². The summed E-state index contributed by atoms with van der Waals surface area (Å²) in [5.41, 5.74) is 0.569. The van der Waals surface area contributed by atoms with Crippen molar-refractivity contribution < 1.29 is 14.2 Å². The van der Waals surface area contributed by atoms with Gasteiger partial charge in [-0.05, 0) is 50.5 Å². The molecule has 1 spiro atoms. The lowest BCUT2D eigenvalue weighted by Crippen LogP contribution is -2.65. The van der Waals surface area contributed by atoms with Crippen LogP contribution in [0.3, 0.4) is 0 Å². The van der Waals surface area contributed by atoms with Crippen LogP contribution in [-0.2, 0) is 4.79 Å². The summed E-state index contributed by atoms with van der Waals surface area (Å²) in [7, 11) is -0.472. The molecule has 2 heterocycles. The summed E-state index contributed by atoms with van der Waals surface area (Å²) in [6, 6.07) is 6.30. The monoisotopic (exact) mass is 276 g/mol. The van der Waals surface area contributed by atoms with Crippen LogP contribution >= 0.6 is 0 Å². The van der Waals surface area contributed by atoms with Gasteiger partial charge in [0.2, 0.25) is 5.91 Å². The molecule has 1 aromatic carbocycles. The Hall–Kier alpha value is -1.40. The summed E-state index contributed by atoms with van der Waals surface area (Å²) in [6.45, 7) is 3.17. The van der Waals surface area contributed by atoms with Crippen LogP contribution in [0.4, 0.5) is 4.39 Å². The molecule has 0 aliphatic carbocycles. The first kappa shape index (κ1) is 13.6. The van der Waals surface area contributed by atoms with E-state index in [1.165, 1.54) is 12.1 Å². The lowest BCUT2D eigenvalue weighted by atomic mass is 9.62. The number of nitrogens with zero attached hydrogens (tertiary/aromatic N) is 1. The van der Waals surface area contributed by atoms with Gasteiger partial charge in [-0.2, -0.15) is 0 Å². The normalized spacial score (nSPS) is 25.1. The highest BCUT2D eigenvalue weighted by Gasteiger charge is 2.56. The Morgan fingerprint density at radius 1 is 1.35 bits per heavy atom. The number of carbonyl (C=O) groups is 1. The molecule has 20 heavy (non-hydrogen) atoms. The molecule has 106 valence electrons. The van der Waals surface area contributed by atoms with Crippen molar-refractivity contribution in [2.75, 3.05) is 13.1 Å². The van der Waals surface area contributed by atoms with Crippen LogP contribution in [0.25, 0.3) is 0 Å². The fourth-order valence-corrected chi connectivity index (χ4v) is 3.34. The molecule has 2 saturated heterocycles. The van der Waals surface area contributed by atoms with Gasteiger partial charge in [0.15, 0.2) is 0 Å². The second kappa shape index (κ2) is 4.86. The van der Waals surface area contributed by atoms with Crippen LogP contribution in [0.2, 0.25) is 6.82 Å². The van der Waals surface area contributed by atoms with Gasteiger partial charge in [-0.15, -0.1) is 0 Å². The van der Waals surface area contributed by atoms with Crippen molar-refractivity contribution in [2.24, 2.45) is 5.41 Å². The van der Waals surface area contributed by atoms with E-state index in [0.717, 1.165) is 18.4 Å². The Morgan fingerprint density at radius 2 is 1.95 bits per heavy atom. The molecular weight excluding hydrogens is 258 g/mol. The Kier molecular flexibility index (Phi) is 3.30. The Balaban J connectivity index is 1.78. The van der Waals surface area contributed by atoms with E-state index >= 15 is 0 Å². The summed E-state index contributed by atoms with van der Waals surface area (Å²) in [5, 5.41) is 12.5. The van der Waals surface area contributed by atoms with Crippen molar-refractivity contribution >= 4 is 13.0 Å². The molecule has 1 amide bonds. The molecule has 2 N–H and O–H groups in total. The Bertz CT molecular complexity index is 512. The van der Waals surface area contributed by atoms with Gasteiger partial charge in [-0.25, -0.2) is 4.39 Å². The first-order valence-corrected chi connectivity index (χ1v) is 7.01. The summed E-state index contributed by atoms with van der Waals surface area (Å²) in [5.74, 6) is -0.186. The summed E-state index contributed by atoms with van der Waals surface area (Å²) < 4.78 is 13.0. The molecule has 2 fully saturated rings. The fraction of sp³-hybridized carbons (Fsp3) is 0.500. The van der Waals surface area contributed by atoms with Gasteiger partial charge in [-0.1, -0.05) is 12.1 Å². The summed E-state index contributed by atoms with van der Waals surface area (Å²) in [6.07, 6.45) is 1.46. The molecule has 1 unspecified atom stereocenters. The van der Waals surface area contributed by atoms with Gasteiger partial charge < -0.3 is 15.2 Å². The molecule has 6 heteroatoms. The van der Waals surface area contributed by atoms with E-state index in [1.807, 2.05) is 4.81 Å². The zero-order valence-electron chi connectivity index (χ0n) is 11.5. The number of hydrogen-bond acceptors (Lipinski definition) is 3. The Morgan fingerprint density at radius 3 is 2.45 bits per heavy atom. The van der Waals surface area contributed by atoms with E-state index in [4.69, 9.17) is 0 Å². The van der Waals surface area contributed by atoms with Gasteiger partial charge in [-0.3, -0.25) is 4.79 Å². The highest BCUT2D eigenvalue weighted by Crippen LogP contribution is 2.49. The number of β-lactam (4-membered cyclic amide) rings is 1. The topological polar surface area (TPSA) is 52.6 Å². The van der Waals surface area contributed by atoms with Crippen molar-refractivity contribution in [3.63, 3.8) is 0 Å². The van der Waals surface area contributed by atoms with Crippen molar-refractivity contribution in [3.8, 4) is 0 Å². The molecule has 0 radical (unpaired) electrons. The fourth-order valence-electron chi connectivity index (χ4n) is 3.34. The average Bonchev–Trinajstić information content (AvgIpc) is 2.46. The number of benzene rings is 1. The van der Waals surface area contributed by atoms with Crippen molar-refractivity contribution in [3.05, 3.63) is 35.6 Å². The van der Waals surface area contributed by atoms with E-state index in [-0.39, 0.29) is 23.2 Å². The van der Waals surface area contributed by atoms with Gasteiger partial charge in [0.05, 0.1) is 11.5 Å². The lowest BCUT2D eigenvalue weighted by molar-refractivity contribution is -0.150. The summed E-state index contributed by atoms with van der Waals surface area (Å²) in [4.78, 5) is 14.0. The van der Waals surface area contributed by atoms with E-state index in [0.29, 0.717) is 13.1 Å². The maximum Gasteiger partial charge on any atom is 0.376 e. The molecule has 0 bridgehead atoms. The minimum atomic E-state index is -0.472. The number of rotatable bonds is 2. The van der Waals surface area contributed by atoms with E-state index in [2.05, 4.69) is 5.32 Å². The third-order valence-corrected chi connectivity index (χ3v) is 4.70. The van der Waals surface area contributed by atoms with Crippen molar-refractivity contribution in [2.45, 2.75) is 25.7 Å². The maximum absolute atomic E-state index is 13.0. The van der Waals surface area contributed by atoms with E-state index in [9.17, 15) is 14.2 Å². The molecule has 2 aliphatic rings. The van der Waals surface area contributed by atoms with Gasteiger partial charge >= 0.3 is 7.05 Å². The molecule has 4 nitrogen and oxygen atoms in total. The zero-order valence-corrected chi connectivity index (χ0v) is 11.5. The molecule has 2 aliphatic heterocycles. The third-order valence-electron chi connectivity index (χ3n) is 4.70. The largest absolute Gasteiger partial charge is 0.437 e. The predicted molar refractivity (Wildman–Crippen MR) is 74.4 cm³/mol. The summed E-state index contributed by atoms with van der Waals surface area (Å²) >= 11 is 0. The van der Waals surface area contributed by atoms with E-state index in [1.54, 1.807) is 19.0 Å². The number of halogens is 1. The van der Waals surface area contributed by atoms with Crippen LogP contribution in [0.1, 0.15) is 24.4 Å². The second-order valence-electron chi connectivity index (χ2n) is 5.78. The molecule has 0 aromatic heterocycles. The number of carbonyl (C=O) groups excluding carboxylic acids is 1. The predicted octanol–water partition coefficient (Wildman–Crippen LogP) is 1.19. The SMILES string of the molecule is CB(O)N1CCC2(CC1)C(=O)NC2c1ccc(F)cc1. The van der Waals surface area contributed by atoms with Crippen LogP contribution in [0, 0.1) is 11.2 Å². The molecule has 3 rings (SSSR count). The number of piperidine rings is 1. The van der Waals surface area contributed by atoms with Crippen LogP contribution in [0.15, 0.2) is 24.3 Å². The number of amides is 1. The smallest absolute Gasteiger partial charge is 0.376 e. The number of hydrogen-bond donors (Lipinski definition) is 2.